The average molecular weight is 390 g/mol. The molecular weight excluding hydrogens is 346 g/mol. The van der Waals surface area contributed by atoms with Gasteiger partial charge in [0, 0.05) is 28.5 Å². The molecule has 2 fully saturated rings. The summed E-state index contributed by atoms with van der Waals surface area (Å²) in [4.78, 5) is 2.53. The van der Waals surface area contributed by atoms with E-state index in [9.17, 15) is 10.2 Å². The van der Waals surface area contributed by atoms with Crippen molar-refractivity contribution in [2.45, 2.75) is 98.1 Å². The maximum Gasteiger partial charge on any atom is 0.161 e. The first-order valence-electron chi connectivity index (χ1n) is 11.6. The van der Waals surface area contributed by atoms with Gasteiger partial charge in [-0.15, -0.1) is 0 Å². The van der Waals surface area contributed by atoms with Crippen molar-refractivity contribution < 1.29 is 10.2 Å². The number of phenols is 2. The summed E-state index contributed by atoms with van der Waals surface area (Å²) in [7, 11) is 2.24. The topological polar surface area (TPSA) is 43.7 Å². The van der Waals surface area contributed by atoms with Gasteiger partial charge >= 0.3 is 0 Å². The lowest BCUT2D eigenvalue weighted by Crippen LogP contribution is -2.85. The Morgan fingerprint density at radius 2 is 1.57 bits per heavy atom. The van der Waals surface area contributed by atoms with E-state index in [0.717, 1.165) is 31.2 Å². The monoisotopic (exact) mass is 389 g/mol. The third-order valence-corrected chi connectivity index (χ3v) is 6.60. The van der Waals surface area contributed by atoms with E-state index in [0.29, 0.717) is 12.0 Å². The van der Waals surface area contributed by atoms with Gasteiger partial charge in [-0.2, -0.15) is 0 Å². The zero-order chi connectivity index (χ0) is 21.7. The van der Waals surface area contributed by atoms with Crippen molar-refractivity contribution in [3.05, 3.63) is 35.4 Å². The lowest BCUT2D eigenvalue weighted by atomic mass is 9.36. The quantitative estimate of drug-likeness (QED) is 0.397. The molecule has 2 bridgehead atoms. The Morgan fingerprint density at radius 3 is 2.18 bits per heavy atom. The summed E-state index contributed by atoms with van der Waals surface area (Å²) >= 11 is 0. The number of hydrogen-bond acceptors (Lipinski definition) is 3. The van der Waals surface area contributed by atoms with E-state index in [1.165, 1.54) is 5.56 Å². The van der Waals surface area contributed by atoms with Crippen LogP contribution in [0.2, 0.25) is 0 Å². The molecule has 1 aromatic rings. The van der Waals surface area contributed by atoms with E-state index >= 15 is 0 Å². The fraction of sp³-hybridized carbons (Fsp3) is 0.680. The molecule has 2 N–H and O–H groups in total. The van der Waals surface area contributed by atoms with Crippen LogP contribution in [0.15, 0.2) is 24.3 Å². The van der Waals surface area contributed by atoms with Crippen molar-refractivity contribution in [3.8, 4) is 11.5 Å². The second kappa shape index (κ2) is 9.82. The first-order chi connectivity index (χ1) is 13.6. The molecule has 0 amide bonds. The maximum atomic E-state index is 10.4. The van der Waals surface area contributed by atoms with Crippen LogP contribution in [0.25, 0.3) is 0 Å². The molecule has 4 atom stereocenters. The molecule has 3 aliphatic carbocycles. The molecule has 4 unspecified atom stereocenters. The number of fused-ring (bicyclic) bond motifs is 1. The molecule has 2 spiro atoms. The van der Waals surface area contributed by atoms with Crippen molar-refractivity contribution in [3.63, 3.8) is 0 Å². The maximum absolute atomic E-state index is 10.4. The van der Waals surface area contributed by atoms with Crippen LogP contribution in [0.4, 0.5) is 0 Å². The smallest absolute Gasteiger partial charge is 0.161 e. The Labute approximate surface area is 173 Å². The molecule has 1 aromatic carbocycles. The van der Waals surface area contributed by atoms with Crippen molar-refractivity contribution in [2.24, 2.45) is 5.92 Å². The highest BCUT2D eigenvalue weighted by Crippen LogP contribution is 2.73. The molecule has 28 heavy (non-hydrogen) atoms. The number of aromatic hydroxyl groups is 2. The molecule has 5 rings (SSSR count). The molecule has 4 aliphatic rings. The molecule has 0 radical (unpaired) electrons. The minimum atomic E-state index is 0.0407. The summed E-state index contributed by atoms with van der Waals surface area (Å²) in [6, 6.07) is 4.26. The van der Waals surface area contributed by atoms with Crippen LogP contribution in [0.3, 0.4) is 0 Å². The van der Waals surface area contributed by atoms with Crippen molar-refractivity contribution in [1.82, 2.24) is 4.90 Å². The van der Waals surface area contributed by atoms with Gasteiger partial charge in [0.2, 0.25) is 0 Å². The molecule has 1 saturated heterocycles. The van der Waals surface area contributed by atoms with Gasteiger partial charge in [-0.25, -0.2) is 0 Å². The Bertz CT molecular complexity index is 669. The van der Waals surface area contributed by atoms with Crippen LogP contribution in [0.5, 0.6) is 11.5 Å². The van der Waals surface area contributed by atoms with Gasteiger partial charge < -0.3 is 10.2 Å². The lowest BCUT2D eigenvalue weighted by Gasteiger charge is -2.78. The predicted molar refractivity (Wildman–Crippen MR) is 121 cm³/mol. The normalized spacial score (nSPS) is 32.2. The fourth-order valence-corrected chi connectivity index (χ4v) is 5.92. The second-order valence-corrected chi connectivity index (χ2v) is 7.09. The summed E-state index contributed by atoms with van der Waals surface area (Å²) in [5.41, 5.74) is 2.63. The molecule has 1 saturated carbocycles. The molecule has 3 heteroatoms. The second-order valence-electron chi connectivity index (χ2n) is 7.09. The third kappa shape index (κ3) is 3.07. The molecule has 160 valence electrons. The SMILES string of the molecule is CC.CC.CC.CC.CN1C2Cc3ccc(O)c(O)c3C34CCC=CC1(C3)C24. The van der Waals surface area contributed by atoms with E-state index in [2.05, 4.69) is 24.1 Å². The first-order valence-corrected chi connectivity index (χ1v) is 11.6. The largest absolute Gasteiger partial charge is 0.504 e. The van der Waals surface area contributed by atoms with Crippen LogP contribution >= 0.6 is 0 Å². The van der Waals surface area contributed by atoms with E-state index in [-0.39, 0.29) is 22.5 Å². The van der Waals surface area contributed by atoms with Crippen LogP contribution < -0.4 is 0 Å². The number of phenolic OH excluding ortho intramolecular Hbond substituents is 2. The van der Waals surface area contributed by atoms with Crippen LogP contribution in [0, 0.1) is 5.92 Å². The number of piperidine rings is 1. The van der Waals surface area contributed by atoms with E-state index in [4.69, 9.17) is 0 Å². The first kappa shape index (κ1) is 24.6. The van der Waals surface area contributed by atoms with Crippen LogP contribution in [-0.4, -0.2) is 33.7 Å². The van der Waals surface area contributed by atoms with E-state index in [1.807, 2.05) is 61.5 Å². The standard InChI is InChI=1S/C17H19NO2.4C2H6/c1-18-11-8-10-4-5-12(19)14(20)13(10)16-6-2-3-7-17(18,9-16)15(11)16;4*1-2/h3-5,7,11,15,19-20H,2,6,8-9H2,1H3;4*1-2H3. The summed E-state index contributed by atoms with van der Waals surface area (Å²) in [6.07, 6.45) is 9.00. The zero-order valence-corrected chi connectivity index (χ0v) is 19.6. The number of hydrogen-bond donors (Lipinski definition) is 2. The third-order valence-electron chi connectivity index (χ3n) is 6.60. The summed E-state index contributed by atoms with van der Waals surface area (Å²) in [6.45, 7) is 16.0. The van der Waals surface area contributed by atoms with Gasteiger partial charge in [0.15, 0.2) is 11.5 Å². The van der Waals surface area contributed by atoms with E-state index < -0.39 is 0 Å². The van der Waals surface area contributed by atoms with Gasteiger partial charge in [-0.05, 0) is 44.4 Å². The van der Waals surface area contributed by atoms with Crippen LogP contribution in [0.1, 0.15) is 85.8 Å². The highest BCUT2D eigenvalue weighted by atomic mass is 16.3. The summed E-state index contributed by atoms with van der Waals surface area (Å²) in [5, 5.41) is 20.4. The van der Waals surface area contributed by atoms with Crippen molar-refractivity contribution in [1.29, 1.82) is 0 Å². The highest BCUT2D eigenvalue weighted by Gasteiger charge is 2.76. The zero-order valence-electron chi connectivity index (χ0n) is 19.6. The number of likely N-dealkylation sites (N-methyl/N-ethyl adjacent to an activating group) is 1. The van der Waals surface area contributed by atoms with Crippen LogP contribution in [-0.2, 0) is 11.8 Å². The molecule has 1 aliphatic heterocycles. The minimum absolute atomic E-state index is 0.0407. The Kier molecular flexibility index (Phi) is 8.62. The van der Waals surface area contributed by atoms with Gasteiger partial charge in [0.05, 0.1) is 0 Å². The van der Waals surface area contributed by atoms with Crippen molar-refractivity contribution >= 4 is 0 Å². The number of allylic oxidation sites excluding steroid dienone is 1. The highest BCUT2D eigenvalue weighted by molar-refractivity contribution is 5.61. The van der Waals surface area contributed by atoms with Gasteiger partial charge in [-0.3, -0.25) is 4.90 Å². The molecule has 3 nitrogen and oxygen atoms in total. The number of benzene rings is 1. The fourth-order valence-electron chi connectivity index (χ4n) is 5.92. The molecular formula is C25H43NO2. The Morgan fingerprint density at radius 1 is 0.964 bits per heavy atom. The number of rotatable bonds is 0. The number of nitrogens with zero attached hydrogens (tertiary/aromatic N) is 1. The molecule has 1 heterocycles. The number of likely N-dealkylation sites (tertiary alicyclic amines) is 1. The molecule has 0 aromatic heterocycles. The van der Waals surface area contributed by atoms with Gasteiger partial charge in [0.25, 0.3) is 0 Å². The Hall–Kier alpha value is -1.48. The van der Waals surface area contributed by atoms with Crippen molar-refractivity contribution in [2.75, 3.05) is 7.05 Å². The van der Waals surface area contributed by atoms with Gasteiger partial charge in [0.1, 0.15) is 0 Å². The summed E-state index contributed by atoms with van der Waals surface area (Å²) in [5.74, 6) is 0.809. The minimum Gasteiger partial charge on any atom is -0.504 e. The van der Waals surface area contributed by atoms with Gasteiger partial charge in [-0.1, -0.05) is 73.6 Å². The summed E-state index contributed by atoms with van der Waals surface area (Å²) < 4.78 is 0. The predicted octanol–water partition coefficient (Wildman–Crippen LogP) is 6.42. The Balaban J connectivity index is 0.000000442. The lowest BCUT2D eigenvalue weighted by molar-refractivity contribution is -0.224. The van der Waals surface area contributed by atoms with E-state index in [1.54, 1.807) is 6.07 Å². The average Bonchev–Trinajstić information content (AvgIpc) is 3.06.